The molecule has 18 heavy (non-hydrogen) atoms. The number of ether oxygens (including phenoxy) is 1. The molecule has 0 aliphatic carbocycles. The third-order valence-corrected chi connectivity index (χ3v) is 2.43. The second-order valence-corrected chi connectivity index (χ2v) is 3.79. The summed E-state index contributed by atoms with van der Waals surface area (Å²) in [4.78, 5) is 11.5. The van der Waals surface area contributed by atoms with E-state index in [0.717, 1.165) is 17.8 Å². The van der Waals surface area contributed by atoms with E-state index in [4.69, 9.17) is 4.74 Å². The fourth-order valence-electron chi connectivity index (χ4n) is 1.24. The molecular formula is C13H19N3O2. The zero-order valence-electron chi connectivity index (χ0n) is 11.0. The van der Waals surface area contributed by atoms with Crippen LogP contribution in [-0.4, -0.2) is 25.3 Å². The van der Waals surface area contributed by atoms with Gasteiger partial charge in [0.2, 0.25) is 0 Å². The zero-order valence-corrected chi connectivity index (χ0v) is 11.0. The van der Waals surface area contributed by atoms with E-state index in [9.17, 15) is 4.79 Å². The third-order valence-electron chi connectivity index (χ3n) is 2.43. The fourth-order valence-corrected chi connectivity index (χ4v) is 1.24. The Morgan fingerprint density at radius 3 is 2.78 bits per heavy atom. The van der Waals surface area contributed by atoms with E-state index in [0.29, 0.717) is 5.75 Å². The molecule has 1 aromatic carbocycles. The highest BCUT2D eigenvalue weighted by molar-refractivity contribution is 5.85. The molecule has 1 rings (SSSR count). The number of amides is 1. The molecule has 0 spiro atoms. The van der Waals surface area contributed by atoms with Crippen molar-refractivity contribution in [3.63, 3.8) is 0 Å². The van der Waals surface area contributed by atoms with Crippen molar-refractivity contribution in [2.75, 3.05) is 19.0 Å². The first-order valence-electron chi connectivity index (χ1n) is 5.86. The molecule has 0 atom stereocenters. The molecule has 5 heteroatoms. The fraction of sp³-hybridized carbons (Fsp3) is 0.385. The van der Waals surface area contributed by atoms with Gasteiger partial charge < -0.3 is 10.1 Å². The van der Waals surface area contributed by atoms with Gasteiger partial charge in [-0.1, -0.05) is 19.1 Å². The van der Waals surface area contributed by atoms with Crippen molar-refractivity contribution in [1.29, 1.82) is 0 Å². The first-order chi connectivity index (χ1) is 8.67. The summed E-state index contributed by atoms with van der Waals surface area (Å²) in [6.07, 6.45) is 0.820. The third kappa shape index (κ3) is 4.45. The van der Waals surface area contributed by atoms with E-state index in [1.807, 2.05) is 38.1 Å². The Kier molecular flexibility index (Phi) is 5.70. The summed E-state index contributed by atoms with van der Waals surface area (Å²) in [6.45, 7) is 4.01. The minimum absolute atomic E-state index is 0.154. The SMILES string of the molecule is CC/C(C)=N/NC(=O)CNc1ccccc1OC. The summed E-state index contributed by atoms with van der Waals surface area (Å²) < 4.78 is 5.17. The predicted octanol–water partition coefficient (Wildman–Crippen LogP) is 2.01. The first-order valence-corrected chi connectivity index (χ1v) is 5.86. The van der Waals surface area contributed by atoms with Crippen LogP contribution in [0.5, 0.6) is 5.75 Å². The predicted molar refractivity (Wildman–Crippen MR) is 73.0 cm³/mol. The van der Waals surface area contributed by atoms with Gasteiger partial charge in [0.15, 0.2) is 0 Å². The van der Waals surface area contributed by atoms with Gasteiger partial charge in [-0.05, 0) is 25.5 Å². The highest BCUT2D eigenvalue weighted by Crippen LogP contribution is 2.22. The maximum absolute atomic E-state index is 11.5. The minimum atomic E-state index is -0.186. The Hall–Kier alpha value is -2.04. The number of methoxy groups -OCH3 is 1. The first kappa shape index (κ1) is 14.0. The molecule has 0 unspecified atom stereocenters. The number of carbonyl (C=O) groups is 1. The Labute approximate surface area is 107 Å². The molecule has 1 amide bonds. The molecule has 0 saturated carbocycles. The van der Waals surface area contributed by atoms with Gasteiger partial charge in [0, 0.05) is 5.71 Å². The van der Waals surface area contributed by atoms with E-state index in [2.05, 4.69) is 15.8 Å². The van der Waals surface area contributed by atoms with Crippen molar-refractivity contribution in [1.82, 2.24) is 5.43 Å². The Balaban J connectivity index is 2.47. The number of nitrogens with one attached hydrogen (secondary N) is 2. The number of carbonyl (C=O) groups excluding carboxylic acids is 1. The highest BCUT2D eigenvalue weighted by atomic mass is 16.5. The lowest BCUT2D eigenvalue weighted by Crippen LogP contribution is -2.26. The van der Waals surface area contributed by atoms with Crippen LogP contribution in [0.1, 0.15) is 20.3 Å². The maximum Gasteiger partial charge on any atom is 0.259 e. The molecule has 2 N–H and O–H groups in total. The van der Waals surface area contributed by atoms with E-state index >= 15 is 0 Å². The van der Waals surface area contributed by atoms with Crippen molar-refractivity contribution < 1.29 is 9.53 Å². The quantitative estimate of drug-likeness (QED) is 0.599. The number of rotatable bonds is 6. The van der Waals surface area contributed by atoms with Crippen LogP contribution in [0.25, 0.3) is 0 Å². The largest absolute Gasteiger partial charge is 0.495 e. The summed E-state index contributed by atoms with van der Waals surface area (Å²) in [6, 6.07) is 7.44. The smallest absolute Gasteiger partial charge is 0.259 e. The number of hydrazone groups is 1. The Morgan fingerprint density at radius 1 is 1.39 bits per heavy atom. The molecule has 1 aromatic rings. The van der Waals surface area contributed by atoms with Gasteiger partial charge in [0.25, 0.3) is 5.91 Å². The second kappa shape index (κ2) is 7.32. The van der Waals surface area contributed by atoms with Crippen LogP contribution in [0, 0.1) is 0 Å². The average Bonchev–Trinajstić information content (AvgIpc) is 2.42. The van der Waals surface area contributed by atoms with Crippen molar-refractivity contribution in [2.24, 2.45) is 5.10 Å². The van der Waals surface area contributed by atoms with Crippen molar-refractivity contribution in [3.05, 3.63) is 24.3 Å². The van der Waals surface area contributed by atoms with Crippen molar-refractivity contribution >= 4 is 17.3 Å². The Bertz CT molecular complexity index is 430. The number of anilines is 1. The van der Waals surface area contributed by atoms with Gasteiger partial charge in [-0.2, -0.15) is 5.10 Å². The molecule has 98 valence electrons. The van der Waals surface area contributed by atoms with E-state index in [1.54, 1.807) is 7.11 Å². The number of hydrogen-bond donors (Lipinski definition) is 2. The van der Waals surface area contributed by atoms with Crippen LogP contribution in [0.15, 0.2) is 29.4 Å². The normalized spacial score (nSPS) is 10.9. The van der Waals surface area contributed by atoms with Crippen LogP contribution < -0.4 is 15.5 Å². The van der Waals surface area contributed by atoms with Gasteiger partial charge >= 0.3 is 0 Å². The number of para-hydroxylation sites is 2. The number of nitrogens with zero attached hydrogens (tertiary/aromatic N) is 1. The van der Waals surface area contributed by atoms with E-state index < -0.39 is 0 Å². The lowest BCUT2D eigenvalue weighted by atomic mass is 10.3. The Morgan fingerprint density at radius 2 is 2.11 bits per heavy atom. The van der Waals surface area contributed by atoms with Gasteiger partial charge in [-0.25, -0.2) is 5.43 Å². The molecule has 0 aliphatic heterocycles. The van der Waals surface area contributed by atoms with Crippen LogP contribution in [0.3, 0.4) is 0 Å². The van der Waals surface area contributed by atoms with E-state index in [-0.39, 0.29) is 12.5 Å². The van der Waals surface area contributed by atoms with Gasteiger partial charge in [0.05, 0.1) is 19.3 Å². The minimum Gasteiger partial charge on any atom is -0.495 e. The van der Waals surface area contributed by atoms with Crippen LogP contribution in [0.2, 0.25) is 0 Å². The molecule has 0 bridgehead atoms. The van der Waals surface area contributed by atoms with Crippen LogP contribution in [0.4, 0.5) is 5.69 Å². The van der Waals surface area contributed by atoms with Gasteiger partial charge in [-0.3, -0.25) is 4.79 Å². The summed E-state index contributed by atoms with van der Waals surface area (Å²) in [5, 5.41) is 6.94. The lowest BCUT2D eigenvalue weighted by molar-refractivity contribution is -0.119. The van der Waals surface area contributed by atoms with Crippen molar-refractivity contribution in [3.8, 4) is 5.75 Å². The van der Waals surface area contributed by atoms with Crippen molar-refractivity contribution in [2.45, 2.75) is 20.3 Å². The summed E-state index contributed by atoms with van der Waals surface area (Å²) >= 11 is 0. The van der Waals surface area contributed by atoms with E-state index in [1.165, 1.54) is 0 Å². The molecular weight excluding hydrogens is 230 g/mol. The van der Waals surface area contributed by atoms with Gasteiger partial charge in [-0.15, -0.1) is 0 Å². The monoisotopic (exact) mass is 249 g/mol. The molecule has 0 aromatic heterocycles. The second-order valence-electron chi connectivity index (χ2n) is 3.79. The standard InChI is InChI=1S/C13H19N3O2/c1-4-10(2)15-16-13(17)9-14-11-7-5-6-8-12(11)18-3/h5-8,14H,4,9H2,1-3H3,(H,16,17)/b15-10+. The topological polar surface area (TPSA) is 62.7 Å². The highest BCUT2D eigenvalue weighted by Gasteiger charge is 2.03. The van der Waals surface area contributed by atoms with Gasteiger partial charge in [0.1, 0.15) is 5.75 Å². The maximum atomic E-state index is 11.5. The molecule has 0 heterocycles. The lowest BCUT2D eigenvalue weighted by Gasteiger charge is -2.09. The molecule has 0 radical (unpaired) electrons. The zero-order chi connectivity index (χ0) is 13.4. The molecule has 0 aliphatic rings. The molecule has 5 nitrogen and oxygen atoms in total. The molecule has 0 fully saturated rings. The van der Waals surface area contributed by atoms with Crippen LogP contribution >= 0.6 is 0 Å². The number of benzene rings is 1. The molecule has 0 saturated heterocycles. The number of hydrogen-bond acceptors (Lipinski definition) is 4. The van der Waals surface area contributed by atoms with Crippen LogP contribution in [-0.2, 0) is 4.79 Å². The average molecular weight is 249 g/mol. The summed E-state index contributed by atoms with van der Waals surface area (Å²) in [5.74, 6) is 0.521. The summed E-state index contributed by atoms with van der Waals surface area (Å²) in [7, 11) is 1.59. The summed E-state index contributed by atoms with van der Waals surface area (Å²) in [5.41, 5.74) is 4.16.